The molecule has 2 aromatic carbocycles. The number of para-hydroxylation sites is 1. The van der Waals surface area contributed by atoms with Crippen LogP contribution in [0.1, 0.15) is 5.69 Å². The zero-order chi connectivity index (χ0) is 21.3. The summed E-state index contributed by atoms with van der Waals surface area (Å²) in [6.07, 6.45) is 1.36. The zero-order valence-electron chi connectivity index (χ0n) is 15.1. The number of aromatic nitrogens is 1. The summed E-state index contributed by atoms with van der Waals surface area (Å²) < 4.78 is 74.8. The molecular weight excluding hydrogens is 421 g/mol. The van der Waals surface area contributed by atoms with Crippen LogP contribution in [-0.4, -0.2) is 19.4 Å². The van der Waals surface area contributed by atoms with Crippen molar-refractivity contribution in [1.82, 2.24) is 9.71 Å². The summed E-state index contributed by atoms with van der Waals surface area (Å²) >= 11 is 0. The van der Waals surface area contributed by atoms with Crippen molar-refractivity contribution in [3.8, 4) is 11.5 Å². The molecule has 1 aromatic heterocycles. The number of anilines is 1. The van der Waals surface area contributed by atoms with Crippen LogP contribution in [0.25, 0.3) is 0 Å². The molecule has 0 radical (unpaired) electrons. The largest absolute Gasteiger partial charge is 0.449 e. The van der Waals surface area contributed by atoms with Crippen LogP contribution in [0, 0.1) is 17.5 Å². The van der Waals surface area contributed by atoms with E-state index in [9.17, 15) is 21.6 Å². The number of halogens is 3. The van der Waals surface area contributed by atoms with Crippen molar-refractivity contribution in [2.75, 3.05) is 5.32 Å². The van der Waals surface area contributed by atoms with Gasteiger partial charge in [0.2, 0.25) is 5.96 Å². The Bertz CT molecular complexity index is 1270. The van der Waals surface area contributed by atoms with Crippen molar-refractivity contribution >= 4 is 21.7 Å². The Hall–Kier alpha value is -3.60. The molecule has 0 fully saturated rings. The maximum atomic E-state index is 14.5. The first kappa shape index (κ1) is 19.7. The second kappa shape index (κ2) is 7.67. The number of guanidine groups is 1. The molecule has 3 aromatic rings. The second-order valence-electron chi connectivity index (χ2n) is 6.11. The lowest BCUT2D eigenvalue weighted by atomic mass is 10.2. The lowest BCUT2D eigenvalue weighted by Crippen LogP contribution is -2.41. The van der Waals surface area contributed by atoms with E-state index in [1.807, 2.05) is 0 Å². The fraction of sp³-hybridized carbons (Fsp3) is 0.0526. The van der Waals surface area contributed by atoms with Gasteiger partial charge < -0.3 is 10.1 Å². The maximum absolute atomic E-state index is 14.5. The molecule has 0 bridgehead atoms. The molecule has 2 N–H and O–H groups in total. The van der Waals surface area contributed by atoms with Crippen molar-refractivity contribution in [2.24, 2.45) is 4.99 Å². The quantitative estimate of drug-likeness (QED) is 0.655. The molecule has 154 valence electrons. The molecule has 0 atom stereocenters. The Morgan fingerprint density at radius 1 is 0.967 bits per heavy atom. The van der Waals surface area contributed by atoms with Crippen LogP contribution in [0.3, 0.4) is 0 Å². The lowest BCUT2D eigenvalue weighted by Gasteiger charge is -2.24. The van der Waals surface area contributed by atoms with Gasteiger partial charge in [-0.3, -0.25) is 4.98 Å². The van der Waals surface area contributed by atoms with Crippen LogP contribution < -0.4 is 14.8 Å². The SMILES string of the molecule is O=S1(=O)NC(=NCc2ncccc2F)Nc2c1ccc(F)c2Oc1ccccc1F. The molecule has 11 heteroatoms. The van der Waals surface area contributed by atoms with E-state index in [0.29, 0.717) is 0 Å². The fourth-order valence-electron chi connectivity index (χ4n) is 2.71. The Morgan fingerprint density at radius 2 is 1.73 bits per heavy atom. The van der Waals surface area contributed by atoms with E-state index >= 15 is 0 Å². The van der Waals surface area contributed by atoms with Crippen molar-refractivity contribution in [3.63, 3.8) is 0 Å². The molecule has 4 rings (SSSR count). The monoisotopic (exact) mass is 434 g/mol. The number of fused-ring (bicyclic) bond motifs is 1. The van der Waals surface area contributed by atoms with Gasteiger partial charge in [-0.15, -0.1) is 0 Å². The number of nitrogens with zero attached hydrogens (tertiary/aromatic N) is 2. The molecular formula is C19H13F3N4O3S. The van der Waals surface area contributed by atoms with Gasteiger partial charge in [-0.2, -0.15) is 0 Å². The number of hydrogen-bond acceptors (Lipinski definition) is 5. The van der Waals surface area contributed by atoms with E-state index in [-0.39, 0.29) is 34.5 Å². The number of aliphatic imine (C=N–C) groups is 1. The van der Waals surface area contributed by atoms with Gasteiger partial charge in [-0.05, 0) is 36.4 Å². The topological polar surface area (TPSA) is 92.7 Å². The summed E-state index contributed by atoms with van der Waals surface area (Å²) in [5.41, 5.74) is -0.281. The van der Waals surface area contributed by atoms with E-state index in [0.717, 1.165) is 18.2 Å². The highest BCUT2D eigenvalue weighted by Gasteiger charge is 2.31. The summed E-state index contributed by atoms with van der Waals surface area (Å²) in [5.74, 6) is -3.41. The molecule has 1 aliphatic heterocycles. The molecule has 0 unspecified atom stereocenters. The predicted octanol–water partition coefficient (Wildman–Crippen LogP) is 3.55. The zero-order valence-corrected chi connectivity index (χ0v) is 15.9. The number of rotatable bonds is 4. The standard InChI is InChI=1S/C19H13F3N4O3S/c20-11-5-3-9-23-14(11)10-24-19-25-17-16(30(27,28)26-19)8-7-13(22)18(17)29-15-6-2-1-4-12(15)21/h1-9H,10H2,(H2,24,25,26). The van der Waals surface area contributed by atoms with Crippen molar-refractivity contribution < 1.29 is 26.3 Å². The Balaban J connectivity index is 1.74. The summed E-state index contributed by atoms with van der Waals surface area (Å²) in [4.78, 5) is 7.47. The third-order valence-corrected chi connectivity index (χ3v) is 5.49. The molecule has 30 heavy (non-hydrogen) atoms. The minimum atomic E-state index is -4.15. The van der Waals surface area contributed by atoms with Crippen molar-refractivity contribution in [2.45, 2.75) is 11.4 Å². The van der Waals surface area contributed by atoms with Gasteiger partial charge in [0.1, 0.15) is 16.4 Å². The van der Waals surface area contributed by atoms with Crippen LogP contribution in [0.4, 0.5) is 18.9 Å². The summed E-state index contributed by atoms with van der Waals surface area (Å²) in [6.45, 7) is -0.286. The molecule has 7 nitrogen and oxygen atoms in total. The summed E-state index contributed by atoms with van der Waals surface area (Å²) in [5, 5.41) is 2.61. The number of benzene rings is 2. The van der Waals surface area contributed by atoms with Gasteiger partial charge in [-0.1, -0.05) is 12.1 Å². The Morgan fingerprint density at radius 3 is 2.50 bits per heavy atom. The minimum Gasteiger partial charge on any atom is -0.449 e. The molecule has 0 amide bonds. The van der Waals surface area contributed by atoms with Crippen molar-refractivity contribution in [1.29, 1.82) is 0 Å². The number of sulfonamides is 1. The molecule has 0 spiro atoms. The van der Waals surface area contributed by atoms with E-state index in [2.05, 4.69) is 20.0 Å². The van der Waals surface area contributed by atoms with E-state index < -0.39 is 33.2 Å². The molecule has 0 saturated heterocycles. The molecule has 0 saturated carbocycles. The van der Waals surface area contributed by atoms with Crippen LogP contribution >= 0.6 is 0 Å². The van der Waals surface area contributed by atoms with Gasteiger partial charge in [0.05, 0.1) is 12.2 Å². The predicted molar refractivity (Wildman–Crippen MR) is 102 cm³/mol. The van der Waals surface area contributed by atoms with Crippen LogP contribution in [0.5, 0.6) is 11.5 Å². The highest BCUT2D eigenvalue weighted by Crippen LogP contribution is 2.39. The summed E-state index contributed by atoms with van der Waals surface area (Å²) in [6, 6.07) is 9.79. The third kappa shape index (κ3) is 3.79. The first-order valence-corrected chi connectivity index (χ1v) is 10.0. The van der Waals surface area contributed by atoms with E-state index in [4.69, 9.17) is 4.74 Å². The van der Waals surface area contributed by atoms with Crippen LogP contribution in [0.15, 0.2) is 64.6 Å². The average molecular weight is 434 g/mol. The third-order valence-electron chi connectivity index (χ3n) is 4.11. The van der Waals surface area contributed by atoms with Crippen LogP contribution in [0.2, 0.25) is 0 Å². The highest BCUT2D eigenvalue weighted by atomic mass is 32.2. The molecule has 0 aliphatic carbocycles. The van der Waals surface area contributed by atoms with Gasteiger partial charge in [0, 0.05) is 6.20 Å². The normalized spacial score (nSPS) is 15.8. The average Bonchev–Trinajstić information content (AvgIpc) is 2.70. The second-order valence-corrected chi connectivity index (χ2v) is 7.76. The number of ether oxygens (including phenoxy) is 1. The Labute approximate surface area is 169 Å². The summed E-state index contributed by atoms with van der Waals surface area (Å²) in [7, 11) is -4.15. The molecule has 2 heterocycles. The maximum Gasteiger partial charge on any atom is 0.266 e. The van der Waals surface area contributed by atoms with Crippen molar-refractivity contribution in [3.05, 3.63) is 77.9 Å². The van der Waals surface area contributed by atoms with E-state index in [1.165, 1.54) is 36.5 Å². The van der Waals surface area contributed by atoms with Gasteiger partial charge in [0.25, 0.3) is 10.0 Å². The van der Waals surface area contributed by atoms with E-state index in [1.54, 1.807) is 0 Å². The smallest absolute Gasteiger partial charge is 0.266 e. The number of pyridine rings is 1. The fourth-order valence-corrected chi connectivity index (χ4v) is 3.85. The first-order chi connectivity index (χ1) is 14.3. The van der Waals surface area contributed by atoms with Gasteiger partial charge in [-0.25, -0.2) is 31.3 Å². The molecule has 1 aliphatic rings. The number of nitrogens with one attached hydrogen (secondary N) is 2. The Kier molecular flexibility index (Phi) is 5.04. The van der Waals surface area contributed by atoms with Gasteiger partial charge >= 0.3 is 0 Å². The number of hydrogen-bond donors (Lipinski definition) is 2. The van der Waals surface area contributed by atoms with Gasteiger partial charge in [0.15, 0.2) is 23.1 Å². The highest BCUT2D eigenvalue weighted by molar-refractivity contribution is 7.90. The lowest BCUT2D eigenvalue weighted by molar-refractivity contribution is 0.415. The first-order valence-electron chi connectivity index (χ1n) is 8.54. The minimum absolute atomic E-state index is 0.0149. The van der Waals surface area contributed by atoms with Crippen LogP contribution in [-0.2, 0) is 16.6 Å².